The van der Waals surface area contributed by atoms with Crippen LogP contribution in [0.3, 0.4) is 0 Å². The first-order valence-corrected chi connectivity index (χ1v) is 10.1. The Bertz CT molecular complexity index is 992. The number of hydrogen-bond acceptors (Lipinski definition) is 5. The largest absolute Gasteiger partial charge is 0.493 e. The van der Waals surface area contributed by atoms with Crippen LogP contribution in [0.25, 0.3) is 6.08 Å². The zero-order valence-corrected chi connectivity index (χ0v) is 17.9. The standard InChI is InChI=1S/C20H15BrClNO4S/c1-3-7-27-17-11-15(21)12(8-16(17)26-2)9-18-19(24)23(20(25)28-18)14-6-4-5-13(22)10-14/h3-6,8-11H,1,7H2,2H3/b18-9+. The van der Waals surface area contributed by atoms with E-state index in [1.54, 1.807) is 48.6 Å². The zero-order chi connectivity index (χ0) is 20.3. The number of carbonyl (C=O) groups excluding carboxylic acids is 2. The van der Waals surface area contributed by atoms with Crippen LogP contribution >= 0.6 is 39.3 Å². The first kappa shape index (κ1) is 20.5. The summed E-state index contributed by atoms with van der Waals surface area (Å²) in [5.41, 5.74) is 1.11. The van der Waals surface area contributed by atoms with Crippen LogP contribution in [0.1, 0.15) is 5.56 Å². The molecule has 28 heavy (non-hydrogen) atoms. The van der Waals surface area contributed by atoms with Crippen LogP contribution in [-0.4, -0.2) is 24.9 Å². The number of rotatable bonds is 6. The predicted molar refractivity (Wildman–Crippen MR) is 116 cm³/mol. The third-order valence-corrected chi connectivity index (χ3v) is 5.58. The van der Waals surface area contributed by atoms with Gasteiger partial charge in [-0.25, -0.2) is 4.90 Å². The van der Waals surface area contributed by atoms with Gasteiger partial charge in [-0.05, 0) is 53.7 Å². The molecule has 1 saturated heterocycles. The fraction of sp³-hybridized carbons (Fsp3) is 0.100. The zero-order valence-electron chi connectivity index (χ0n) is 14.8. The Kier molecular flexibility index (Phi) is 6.49. The van der Waals surface area contributed by atoms with E-state index in [2.05, 4.69) is 22.5 Å². The van der Waals surface area contributed by atoms with Crippen molar-refractivity contribution in [1.29, 1.82) is 0 Å². The average molecular weight is 481 g/mol. The highest BCUT2D eigenvalue weighted by Crippen LogP contribution is 2.39. The lowest BCUT2D eigenvalue weighted by atomic mass is 10.1. The molecule has 8 heteroatoms. The maximum atomic E-state index is 12.8. The molecule has 1 aliphatic heterocycles. The van der Waals surface area contributed by atoms with Gasteiger partial charge in [-0.2, -0.15) is 0 Å². The summed E-state index contributed by atoms with van der Waals surface area (Å²) < 4.78 is 11.6. The highest BCUT2D eigenvalue weighted by molar-refractivity contribution is 9.10. The number of ether oxygens (including phenoxy) is 2. The van der Waals surface area contributed by atoms with Gasteiger partial charge in [0.2, 0.25) is 0 Å². The highest BCUT2D eigenvalue weighted by atomic mass is 79.9. The highest BCUT2D eigenvalue weighted by Gasteiger charge is 2.36. The summed E-state index contributed by atoms with van der Waals surface area (Å²) in [4.78, 5) is 26.6. The van der Waals surface area contributed by atoms with Crippen LogP contribution < -0.4 is 14.4 Å². The van der Waals surface area contributed by atoms with E-state index in [9.17, 15) is 9.59 Å². The van der Waals surface area contributed by atoms with Crippen LogP contribution in [0.4, 0.5) is 10.5 Å². The number of amides is 2. The van der Waals surface area contributed by atoms with Crippen molar-refractivity contribution in [2.75, 3.05) is 18.6 Å². The van der Waals surface area contributed by atoms with Gasteiger partial charge in [0.25, 0.3) is 11.1 Å². The van der Waals surface area contributed by atoms with E-state index in [1.807, 2.05) is 0 Å². The summed E-state index contributed by atoms with van der Waals surface area (Å²) in [5.74, 6) is 0.638. The minimum absolute atomic E-state index is 0.299. The maximum absolute atomic E-state index is 12.8. The smallest absolute Gasteiger partial charge is 0.298 e. The number of methoxy groups -OCH3 is 1. The molecular formula is C20H15BrClNO4S. The number of anilines is 1. The van der Waals surface area contributed by atoms with Crippen LogP contribution in [0.2, 0.25) is 5.02 Å². The molecule has 0 spiro atoms. The van der Waals surface area contributed by atoms with Gasteiger partial charge in [0, 0.05) is 9.50 Å². The Morgan fingerprint density at radius 1 is 1.25 bits per heavy atom. The first-order chi connectivity index (χ1) is 13.4. The topological polar surface area (TPSA) is 55.8 Å². The molecule has 5 nitrogen and oxygen atoms in total. The van der Waals surface area contributed by atoms with Gasteiger partial charge in [-0.15, -0.1) is 0 Å². The molecule has 0 N–H and O–H groups in total. The molecule has 144 valence electrons. The average Bonchev–Trinajstić information content (AvgIpc) is 2.95. The van der Waals surface area contributed by atoms with Gasteiger partial charge in [0.15, 0.2) is 11.5 Å². The third-order valence-electron chi connectivity index (χ3n) is 3.79. The Morgan fingerprint density at radius 2 is 2.04 bits per heavy atom. The number of nitrogens with zero attached hydrogens (tertiary/aromatic N) is 1. The van der Waals surface area contributed by atoms with Crippen LogP contribution in [0, 0.1) is 0 Å². The monoisotopic (exact) mass is 479 g/mol. The Balaban J connectivity index is 1.94. The molecule has 3 rings (SSSR count). The molecule has 0 unspecified atom stereocenters. The van der Waals surface area contributed by atoms with E-state index in [-0.39, 0.29) is 5.24 Å². The van der Waals surface area contributed by atoms with Crippen LogP contribution in [-0.2, 0) is 4.79 Å². The molecule has 1 aliphatic rings. The summed E-state index contributed by atoms with van der Waals surface area (Å²) in [6.45, 7) is 3.95. The van der Waals surface area contributed by atoms with Gasteiger partial charge in [-0.3, -0.25) is 9.59 Å². The van der Waals surface area contributed by atoms with Gasteiger partial charge in [0.1, 0.15) is 6.61 Å². The number of benzene rings is 2. The summed E-state index contributed by atoms with van der Waals surface area (Å²) in [6.07, 6.45) is 3.27. The van der Waals surface area contributed by atoms with Crippen molar-refractivity contribution in [3.8, 4) is 11.5 Å². The van der Waals surface area contributed by atoms with Crippen molar-refractivity contribution in [3.63, 3.8) is 0 Å². The molecule has 0 saturated carbocycles. The third kappa shape index (κ3) is 4.27. The summed E-state index contributed by atoms with van der Waals surface area (Å²) in [7, 11) is 1.53. The van der Waals surface area contributed by atoms with Gasteiger partial charge in [-0.1, -0.05) is 46.3 Å². The Hall–Kier alpha value is -2.22. The van der Waals surface area contributed by atoms with E-state index in [0.717, 1.165) is 16.7 Å². The fourth-order valence-electron chi connectivity index (χ4n) is 2.53. The molecule has 1 heterocycles. The minimum Gasteiger partial charge on any atom is -0.493 e. The molecule has 2 aromatic rings. The lowest BCUT2D eigenvalue weighted by molar-refractivity contribution is -0.113. The van der Waals surface area contributed by atoms with E-state index in [1.165, 1.54) is 7.11 Å². The second kappa shape index (κ2) is 8.86. The first-order valence-electron chi connectivity index (χ1n) is 8.09. The van der Waals surface area contributed by atoms with Gasteiger partial charge >= 0.3 is 0 Å². The lowest BCUT2D eigenvalue weighted by Gasteiger charge is -2.13. The number of hydrogen-bond donors (Lipinski definition) is 0. The predicted octanol–water partition coefficient (Wildman–Crippen LogP) is 5.92. The van der Waals surface area contributed by atoms with Crippen molar-refractivity contribution in [1.82, 2.24) is 0 Å². The van der Waals surface area contributed by atoms with Crippen molar-refractivity contribution in [2.24, 2.45) is 0 Å². The molecule has 0 aliphatic carbocycles. The SMILES string of the molecule is C=CCOc1cc(Br)c(/C=C2/SC(=O)N(c3cccc(Cl)c3)C2=O)cc1OC. The summed E-state index contributed by atoms with van der Waals surface area (Å²) in [5, 5.41) is 0.0654. The van der Waals surface area contributed by atoms with E-state index >= 15 is 0 Å². The van der Waals surface area contributed by atoms with Crippen molar-refractivity contribution < 1.29 is 19.1 Å². The molecule has 0 aromatic heterocycles. The number of halogens is 2. The normalized spacial score (nSPS) is 15.2. The Labute approximate surface area is 180 Å². The number of thioether (sulfide) groups is 1. The molecule has 2 aromatic carbocycles. The fourth-order valence-corrected chi connectivity index (χ4v) is 3.98. The molecule has 0 bridgehead atoms. The van der Waals surface area contributed by atoms with Crippen LogP contribution in [0.15, 0.2) is 58.4 Å². The van der Waals surface area contributed by atoms with Gasteiger partial charge in [0.05, 0.1) is 17.7 Å². The van der Waals surface area contributed by atoms with Crippen molar-refractivity contribution in [3.05, 3.63) is 69.0 Å². The second-order valence-electron chi connectivity index (χ2n) is 5.62. The number of carbonyl (C=O) groups is 2. The molecule has 0 atom stereocenters. The summed E-state index contributed by atoms with van der Waals surface area (Å²) >= 11 is 10.3. The number of imide groups is 1. The van der Waals surface area contributed by atoms with Crippen molar-refractivity contribution in [2.45, 2.75) is 0 Å². The van der Waals surface area contributed by atoms with E-state index in [4.69, 9.17) is 21.1 Å². The maximum Gasteiger partial charge on any atom is 0.298 e. The minimum atomic E-state index is -0.407. The lowest BCUT2D eigenvalue weighted by Crippen LogP contribution is -2.27. The molecule has 2 amide bonds. The van der Waals surface area contributed by atoms with Crippen LogP contribution in [0.5, 0.6) is 11.5 Å². The quantitative estimate of drug-likeness (QED) is 0.380. The van der Waals surface area contributed by atoms with E-state index < -0.39 is 5.91 Å². The van der Waals surface area contributed by atoms with E-state index in [0.29, 0.717) is 43.8 Å². The van der Waals surface area contributed by atoms with Crippen molar-refractivity contribution >= 4 is 62.2 Å². The Morgan fingerprint density at radius 3 is 2.71 bits per heavy atom. The molecule has 0 radical (unpaired) electrons. The second-order valence-corrected chi connectivity index (χ2v) is 7.91. The molecule has 1 fully saturated rings. The van der Waals surface area contributed by atoms with Gasteiger partial charge < -0.3 is 9.47 Å². The molecular weight excluding hydrogens is 466 g/mol. The summed E-state index contributed by atoms with van der Waals surface area (Å²) in [6, 6.07) is 10.1.